The Bertz CT molecular complexity index is 1040. The first kappa shape index (κ1) is 18.0. The van der Waals surface area contributed by atoms with Crippen LogP contribution in [0.5, 0.6) is 0 Å². The Kier molecular flexibility index (Phi) is 5.01. The smallest absolute Gasteiger partial charge is 0.263 e. The summed E-state index contributed by atoms with van der Waals surface area (Å²) in [5.74, 6) is 0. The Morgan fingerprint density at radius 3 is 2.31 bits per heavy atom. The maximum Gasteiger partial charge on any atom is 0.263 e. The van der Waals surface area contributed by atoms with Crippen molar-refractivity contribution >= 4 is 42.9 Å². The summed E-state index contributed by atoms with van der Waals surface area (Å²) >= 11 is 1.12. The number of hydrogen-bond acceptors (Lipinski definition) is 7. The van der Waals surface area contributed by atoms with Gasteiger partial charge >= 0.3 is 0 Å². The van der Waals surface area contributed by atoms with E-state index < -0.39 is 10.0 Å². The number of aryl methyl sites for hydroxylation is 2. The summed E-state index contributed by atoms with van der Waals surface area (Å²) in [5, 5.41) is 9.11. The van der Waals surface area contributed by atoms with Gasteiger partial charge in [-0.25, -0.2) is 13.4 Å². The molecule has 1 aromatic heterocycles. The number of aromatic nitrogens is 1. The number of nitrogens with zero attached hydrogens (tertiary/aromatic N) is 3. The predicted molar refractivity (Wildman–Crippen MR) is 104 cm³/mol. The zero-order valence-corrected chi connectivity index (χ0v) is 15.8. The summed E-state index contributed by atoms with van der Waals surface area (Å²) in [4.78, 5) is 4.33. The number of nitrogens with two attached hydrogens (primary N) is 1. The number of thiazole rings is 1. The summed E-state index contributed by atoms with van der Waals surface area (Å²) in [6, 6.07) is 13.6. The molecule has 0 aliphatic rings. The average molecular weight is 387 g/mol. The quantitative estimate of drug-likeness (QED) is 0.494. The monoisotopic (exact) mass is 387 g/mol. The van der Waals surface area contributed by atoms with Crippen molar-refractivity contribution in [3.63, 3.8) is 0 Å². The Morgan fingerprint density at radius 2 is 1.65 bits per heavy atom. The molecule has 9 heteroatoms. The number of nitrogens with one attached hydrogen (secondary N) is 1. The fourth-order valence-corrected chi connectivity index (χ4v) is 4.08. The first-order valence-electron chi connectivity index (χ1n) is 7.68. The number of azo groups is 1. The lowest BCUT2D eigenvalue weighted by molar-refractivity contribution is 0.601. The molecule has 134 valence electrons. The second kappa shape index (κ2) is 7.22. The SMILES string of the molecule is Cc1ccc(N=Nc2sc(NS(=O)(=O)c3ccc(N)cc3)nc2C)cc1. The minimum absolute atomic E-state index is 0.113. The molecule has 0 amide bonds. The van der Waals surface area contributed by atoms with Crippen LogP contribution in [0.4, 0.5) is 21.5 Å². The third-order valence-electron chi connectivity index (χ3n) is 3.47. The van der Waals surface area contributed by atoms with Gasteiger partial charge in [0, 0.05) is 5.69 Å². The van der Waals surface area contributed by atoms with Crippen LogP contribution >= 0.6 is 11.3 Å². The minimum atomic E-state index is -3.74. The molecule has 7 nitrogen and oxygen atoms in total. The third kappa shape index (κ3) is 4.24. The van der Waals surface area contributed by atoms with Gasteiger partial charge in [-0.1, -0.05) is 29.0 Å². The van der Waals surface area contributed by atoms with Crippen molar-refractivity contribution in [1.29, 1.82) is 0 Å². The van der Waals surface area contributed by atoms with Crippen LogP contribution in [0, 0.1) is 13.8 Å². The summed E-state index contributed by atoms with van der Waals surface area (Å²) in [5.41, 5.74) is 8.53. The zero-order chi connectivity index (χ0) is 18.7. The second-order valence-electron chi connectivity index (χ2n) is 5.62. The maximum atomic E-state index is 12.4. The van der Waals surface area contributed by atoms with E-state index in [-0.39, 0.29) is 10.0 Å². The molecule has 0 spiro atoms. The van der Waals surface area contributed by atoms with E-state index in [4.69, 9.17) is 5.73 Å². The zero-order valence-electron chi connectivity index (χ0n) is 14.2. The molecule has 0 fully saturated rings. The van der Waals surface area contributed by atoms with Gasteiger partial charge in [-0.05, 0) is 50.2 Å². The number of benzene rings is 2. The van der Waals surface area contributed by atoms with E-state index in [0.29, 0.717) is 22.1 Å². The summed E-state index contributed by atoms with van der Waals surface area (Å²) in [7, 11) is -3.74. The fraction of sp³-hybridized carbons (Fsp3) is 0.118. The third-order valence-corrected chi connectivity index (χ3v) is 5.92. The van der Waals surface area contributed by atoms with Gasteiger partial charge in [-0.3, -0.25) is 4.72 Å². The Labute approximate surface area is 155 Å². The molecule has 0 atom stereocenters. The van der Waals surface area contributed by atoms with E-state index in [9.17, 15) is 8.42 Å². The number of hydrogen-bond donors (Lipinski definition) is 2. The molecule has 0 saturated carbocycles. The van der Waals surface area contributed by atoms with Crippen LogP contribution in [0.2, 0.25) is 0 Å². The molecule has 0 unspecified atom stereocenters. The lowest BCUT2D eigenvalue weighted by Crippen LogP contribution is -2.12. The molecule has 3 N–H and O–H groups in total. The standard InChI is InChI=1S/C17H17N5O2S2/c1-11-3-7-14(8-4-11)20-21-16-12(2)19-17(25-16)22-26(23,24)15-9-5-13(18)6-10-15/h3-10H,18H2,1-2H3,(H,19,22). The first-order valence-corrected chi connectivity index (χ1v) is 9.98. The van der Waals surface area contributed by atoms with Crippen molar-refractivity contribution < 1.29 is 8.42 Å². The molecule has 2 aromatic carbocycles. The van der Waals surface area contributed by atoms with Gasteiger partial charge in [0.2, 0.25) is 0 Å². The summed E-state index contributed by atoms with van der Waals surface area (Å²) in [6.07, 6.45) is 0. The highest BCUT2D eigenvalue weighted by molar-refractivity contribution is 7.93. The van der Waals surface area contributed by atoms with Crippen molar-refractivity contribution in [2.75, 3.05) is 10.5 Å². The predicted octanol–water partition coefficient (Wildman–Crippen LogP) is 4.56. The van der Waals surface area contributed by atoms with E-state index >= 15 is 0 Å². The highest BCUT2D eigenvalue weighted by atomic mass is 32.2. The molecule has 26 heavy (non-hydrogen) atoms. The number of nitrogen functional groups attached to an aromatic ring is 1. The largest absolute Gasteiger partial charge is 0.399 e. The van der Waals surface area contributed by atoms with Crippen molar-refractivity contribution in [2.24, 2.45) is 10.2 Å². The van der Waals surface area contributed by atoms with Crippen LogP contribution in [0.25, 0.3) is 0 Å². The Morgan fingerprint density at radius 1 is 1.00 bits per heavy atom. The molecule has 3 aromatic rings. The molecule has 0 saturated heterocycles. The van der Waals surface area contributed by atoms with Crippen LogP contribution < -0.4 is 10.5 Å². The van der Waals surface area contributed by atoms with Crippen molar-refractivity contribution in [1.82, 2.24) is 4.98 Å². The van der Waals surface area contributed by atoms with Gasteiger partial charge in [0.25, 0.3) is 10.0 Å². The van der Waals surface area contributed by atoms with Gasteiger partial charge in [0.15, 0.2) is 10.1 Å². The molecule has 0 radical (unpaired) electrons. The van der Waals surface area contributed by atoms with E-state index in [2.05, 4.69) is 19.9 Å². The number of anilines is 2. The van der Waals surface area contributed by atoms with E-state index in [1.54, 1.807) is 6.92 Å². The highest BCUT2D eigenvalue weighted by Gasteiger charge is 2.17. The van der Waals surface area contributed by atoms with E-state index in [0.717, 1.165) is 16.9 Å². The molecule has 0 bridgehead atoms. The Hall–Kier alpha value is -2.78. The van der Waals surface area contributed by atoms with E-state index in [1.165, 1.54) is 24.3 Å². The van der Waals surface area contributed by atoms with Gasteiger partial charge in [-0.15, -0.1) is 10.2 Å². The lowest BCUT2D eigenvalue weighted by atomic mass is 10.2. The molecule has 3 rings (SSSR count). The van der Waals surface area contributed by atoms with Gasteiger partial charge in [0.1, 0.15) is 0 Å². The van der Waals surface area contributed by atoms with Crippen LogP contribution in [0.1, 0.15) is 11.3 Å². The van der Waals surface area contributed by atoms with Crippen LogP contribution in [-0.2, 0) is 10.0 Å². The molecule has 0 aliphatic heterocycles. The maximum absolute atomic E-state index is 12.4. The Balaban J connectivity index is 1.79. The lowest BCUT2D eigenvalue weighted by Gasteiger charge is -2.04. The van der Waals surface area contributed by atoms with Gasteiger partial charge in [0.05, 0.1) is 16.3 Å². The second-order valence-corrected chi connectivity index (χ2v) is 8.28. The first-order chi connectivity index (χ1) is 12.3. The van der Waals surface area contributed by atoms with Gasteiger partial charge < -0.3 is 5.73 Å². The van der Waals surface area contributed by atoms with E-state index in [1.807, 2.05) is 31.2 Å². The van der Waals surface area contributed by atoms with Crippen LogP contribution in [0.15, 0.2) is 63.7 Å². The molecule has 0 aliphatic carbocycles. The number of sulfonamides is 1. The highest BCUT2D eigenvalue weighted by Crippen LogP contribution is 2.33. The van der Waals surface area contributed by atoms with Crippen molar-refractivity contribution in [3.05, 3.63) is 59.8 Å². The average Bonchev–Trinajstić information content (AvgIpc) is 2.93. The summed E-state index contributed by atoms with van der Waals surface area (Å²) < 4.78 is 27.3. The fourth-order valence-electron chi connectivity index (χ4n) is 2.06. The van der Waals surface area contributed by atoms with Crippen LogP contribution in [-0.4, -0.2) is 13.4 Å². The molecular weight excluding hydrogens is 370 g/mol. The summed E-state index contributed by atoms with van der Waals surface area (Å²) in [6.45, 7) is 3.74. The topological polar surface area (TPSA) is 110 Å². The molecule has 1 heterocycles. The van der Waals surface area contributed by atoms with Crippen LogP contribution in [0.3, 0.4) is 0 Å². The normalized spacial score (nSPS) is 11.8. The molecular formula is C17H17N5O2S2. The number of rotatable bonds is 5. The minimum Gasteiger partial charge on any atom is -0.399 e. The van der Waals surface area contributed by atoms with Crippen molar-refractivity contribution in [3.8, 4) is 0 Å². The van der Waals surface area contributed by atoms with Crippen molar-refractivity contribution in [2.45, 2.75) is 18.7 Å². The van der Waals surface area contributed by atoms with Gasteiger partial charge in [-0.2, -0.15) is 0 Å².